The van der Waals surface area contributed by atoms with Crippen molar-refractivity contribution in [2.24, 2.45) is 0 Å². The van der Waals surface area contributed by atoms with Crippen LogP contribution in [0, 0.1) is 0 Å². The van der Waals surface area contributed by atoms with Gasteiger partial charge in [-0.3, -0.25) is 13.8 Å². The Morgan fingerprint density at radius 2 is 1.17 bits per heavy atom. The van der Waals surface area contributed by atoms with Crippen molar-refractivity contribution in [2.75, 3.05) is 54.1 Å². The molecule has 0 spiro atoms. The van der Waals surface area contributed by atoms with Gasteiger partial charge in [0.25, 0.3) is 0 Å². The maximum Gasteiger partial charge on any atom is 0.472 e. The predicted molar refractivity (Wildman–Crippen MR) is 197 cm³/mol. The van der Waals surface area contributed by atoms with Crippen molar-refractivity contribution in [2.45, 2.75) is 161 Å². The number of unbranched alkanes of at least 4 members (excludes halogenated alkanes) is 17. The highest BCUT2D eigenvalue weighted by molar-refractivity contribution is 7.47. The molecule has 0 amide bonds. The SMILES string of the molecule is CCCCCCC/C=C\C/C=C\CCCCCCCCCCCCCCOCC(COP(=O)(O)OCC[N+](C)(C)C)OC(=O)CCC. The fraction of sp³-hybridized carbons (Fsp3) is 0.868. The lowest BCUT2D eigenvalue weighted by molar-refractivity contribution is -0.870. The Balaban J connectivity index is 3.74. The summed E-state index contributed by atoms with van der Waals surface area (Å²) in [7, 11) is 1.66. The third-order valence-electron chi connectivity index (χ3n) is 7.99. The maximum absolute atomic E-state index is 12.2. The van der Waals surface area contributed by atoms with Crippen LogP contribution in [0.5, 0.6) is 0 Å². The van der Waals surface area contributed by atoms with Crippen LogP contribution in [0.3, 0.4) is 0 Å². The molecule has 8 nitrogen and oxygen atoms in total. The zero-order valence-corrected chi connectivity index (χ0v) is 32.2. The van der Waals surface area contributed by atoms with Crippen LogP contribution in [0.1, 0.15) is 155 Å². The number of allylic oxidation sites excluding steroid dienone is 4. The molecular formula is C38H75NO7P+. The van der Waals surface area contributed by atoms with E-state index in [2.05, 4.69) is 31.2 Å². The second kappa shape index (κ2) is 32.2. The Labute approximate surface area is 290 Å². The molecule has 0 saturated heterocycles. The van der Waals surface area contributed by atoms with E-state index < -0.39 is 13.9 Å². The van der Waals surface area contributed by atoms with Crippen molar-refractivity contribution in [3.05, 3.63) is 24.3 Å². The smallest absolute Gasteiger partial charge is 0.457 e. The molecule has 0 heterocycles. The van der Waals surface area contributed by atoms with E-state index in [1.165, 1.54) is 109 Å². The summed E-state index contributed by atoms with van der Waals surface area (Å²) in [5.74, 6) is -0.367. The monoisotopic (exact) mass is 689 g/mol. The molecule has 0 aromatic carbocycles. The van der Waals surface area contributed by atoms with Crippen LogP contribution in [0.4, 0.5) is 0 Å². The number of hydrogen-bond donors (Lipinski definition) is 1. The number of ether oxygens (including phenoxy) is 2. The molecule has 47 heavy (non-hydrogen) atoms. The minimum atomic E-state index is -4.24. The number of quaternary nitrogens is 1. The maximum atomic E-state index is 12.2. The average molecular weight is 689 g/mol. The summed E-state index contributed by atoms with van der Waals surface area (Å²) < 4.78 is 34.2. The van der Waals surface area contributed by atoms with Crippen LogP contribution >= 0.6 is 7.82 Å². The summed E-state index contributed by atoms with van der Waals surface area (Å²) >= 11 is 0. The van der Waals surface area contributed by atoms with Crippen molar-refractivity contribution in [3.63, 3.8) is 0 Å². The number of likely N-dealkylation sites (N-methyl/N-ethyl adjacent to an activating group) is 1. The molecule has 0 aromatic rings. The molecule has 0 fully saturated rings. The van der Waals surface area contributed by atoms with E-state index in [4.69, 9.17) is 18.5 Å². The molecule has 0 aliphatic carbocycles. The molecule has 278 valence electrons. The first-order valence-electron chi connectivity index (χ1n) is 19.1. The normalized spacial score (nSPS) is 14.3. The zero-order chi connectivity index (χ0) is 34.9. The fourth-order valence-corrected chi connectivity index (χ4v) is 5.77. The Kier molecular flexibility index (Phi) is 31.5. The van der Waals surface area contributed by atoms with Crippen LogP contribution in [-0.2, 0) is 27.9 Å². The molecule has 0 aromatic heterocycles. The van der Waals surface area contributed by atoms with Crippen LogP contribution in [0.2, 0.25) is 0 Å². The second-order valence-electron chi connectivity index (χ2n) is 14.0. The molecule has 9 heteroatoms. The first kappa shape index (κ1) is 46.0. The van der Waals surface area contributed by atoms with Crippen LogP contribution < -0.4 is 0 Å². The minimum Gasteiger partial charge on any atom is -0.457 e. The van der Waals surface area contributed by atoms with Gasteiger partial charge >= 0.3 is 13.8 Å². The lowest BCUT2D eigenvalue weighted by Gasteiger charge is -2.24. The van der Waals surface area contributed by atoms with Crippen molar-refractivity contribution < 1.29 is 37.3 Å². The summed E-state index contributed by atoms with van der Waals surface area (Å²) in [4.78, 5) is 22.0. The zero-order valence-electron chi connectivity index (χ0n) is 31.3. The lowest BCUT2D eigenvalue weighted by atomic mass is 10.0. The van der Waals surface area contributed by atoms with Crippen molar-refractivity contribution in [3.8, 4) is 0 Å². The van der Waals surface area contributed by atoms with E-state index >= 15 is 0 Å². The molecule has 0 aliphatic heterocycles. The van der Waals surface area contributed by atoms with Gasteiger partial charge in [0.2, 0.25) is 0 Å². The topological polar surface area (TPSA) is 91.3 Å². The van der Waals surface area contributed by atoms with Gasteiger partial charge in [0.05, 0.1) is 34.4 Å². The number of carbonyl (C=O) groups is 1. The number of rotatable bonds is 35. The number of esters is 1. The van der Waals surface area contributed by atoms with Gasteiger partial charge < -0.3 is 18.9 Å². The summed E-state index contributed by atoms with van der Waals surface area (Å²) in [5, 5.41) is 0. The molecule has 0 radical (unpaired) electrons. The summed E-state index contributed by atoms with van der Waals surface area (Å²) in [6.45, 7) is 5.25. The van der Waals surface area contributed by atoms with Crippen LogP contribution in [0.15, 0.2) is 24.3 Å². The van der Waals surface area contributed by atoms with Gasteiger partial charge in [-0.05, 0) is 44.9 Å². The van der Waals surface area contributed by atoms with E-state index in [-0.39, 0.29) is 32.2 Å². The highest BCUT2D eigenvalue weighted by atomic mass is 31.2. The summed E-state index contributed by atoms with van der Waals surface area (Å²) in [6.07, 6.45) is 35.1. The van der Waals surface area contributed by atoms with Gasteiger partial charge in [0.15, 0.2) is 0 Å². The lowest BCUT2D eigenvalue weighted by Crippen LogP contribution is -2.37. The van der Waals surface area contributed by atoms with E-state index in [0.717, 1.165) is 19.3 Å². The van der Waals surface area contributed by atoms with Gasteiger partial charge in [-0.25, -0.2) is 4.57 Å². The quantitative estimate of drug-likeness (QED) is 0.0233. The first-order chi connectivity index (χ1) is 22.6. The second-order valence-corrected chi connectivity index (χ2v) is 15.4. The standard InChI is InChI=1S/C38H74NO7P/c1-6-8-9-10-11-12-13-14-15-16-17-18-19-20-21-22-23-24-25-26-27-28-29-30-33-43-35-37(46-38(40)31-7-2)36-45-47(41,42)44-34-32-39(3,4)5/h13-14,16-17,37H,6-12,15,18-36H2,1-5H3/p+1/b14-13-,17-16-. The van der Waals surface area contributed by atoms with Gasteiger partial charge in [-0.1, -0.05) is 128 Å². The van der Waals surface area contributed by atoms with Crippen molar-refractivity contribution in [1.82, 2.24) is 0 Å². The third-order valence-corrected chi connectivity index (χ3v) is 8.97. The molecule has 2 unspecified atom stereocenters. The molecule has 0 bridgehead atoms. The van der Waals surface area contributed by atoms with Gasteiger partial charge in [-0.2, -0.15) is 0 Å². The number of nitrogens with zero attached hydrogens (tertiary/aromatic N) is 1. The van der Waals surface area contributed by atoms with E-state index in [1.54, 1.807) is 0 Å². The van der Waals surface area contributed by atoms with Crippen LogP contribution in [-0.4, -0.2) is 75.6 Å². The largest absolute Gasteiger partial charge is 0.472 e. The van der Waals surface area contributed by atoms with E-state index in [9.17, 15) is 14.3 Å². The Morgan fingerprint density at radius 1 is 0.660 bits per heavy atom. The molecule has 0 aliphatic rings. The highest BCUT2D eigenvalue weighted by Gasteiger charge is 2.26. The van der Waals surface area contributed by atoms with E-state index in [0.29, 0.717) is 24.1 Å². The van der Waals surface area contributed by atoms with Gasteiger partial charge in [-0.15, -0.1) is 0 Å². The average Bonchev–Trinajstić information content (AvgIpc) is 3.00. The van der Waals surface area contributed by atoms with Gasteiger partial charge in [0.1, 0.15) is 19.3 Å². The summed E-state index contributed by atoms with van der Waals surface area (Å²) in [6, 6.07) is 0. The van der Waals surface area contributed by atoms with Crippen molar-refractivity contribution in [1.29, 1.82) is 0 Å². The fourth-order valence-electron chi connectivity index (χ4n) is 5.03. The number of phosphoric ester groups is 1. The predicted octanol–water partition coefficient (Wildman–Crippen LogP) is 10.5. The Morgan fingerprint density at radius 3 is 1.68 bits per heavy atom. The molecule has 0 rings (SSSR count). The minimum absolute atomic E-state index is 0.0877. The number of phosphoric acid groups is 1. The summed E-state index contributed by atoms with van der Waals surface area (Å²) in [5.41, 5.74) is 0. The highest BCUT2D eigenvalue weighted by Crippen LogP contribution is 2.43. The number of hydrogen-bond acceptors (Lipinski definition) is 6. The van der Waals surface area contributed by atoms with Crippen LogP contribution in [0.25, 0.3) is 0 Å². The first-order valence-corrected chi connectivity index (χ1v) is 20.6. The Bertz CT molecular complexity index is 812. The van der Waals surface area contributed by atoms with Crippen molar-refractivity contribution >= 4 is 13.8 Å². The van der Waals surface area contributed by atoms with Gasteiger partial charge in [0, 0.05) is 13.0 Å². The molecule has 1 N–H and O–H groups in total. The molecular weight excluding hydrogens is 613 g/mol. The third kappa shape index (κ3) is 36.1. The Hall–Kier alpha value is -1.02. The molecule has 2 atom stereocenters. The molecule has 0 saturated carbocycles. The number of carbonyl (C=O) groups excluding carboxylic acids is 1. The van der Waals surface area contributed by atoms with E-state index in [1.807, 2.05) is 28.1 Å².